The lowest BCUT2D eigenvalue weighted by molar-refractivity contribution is -0.202. The van der Waals surface area contributed by atoms with Crippen molar-refractivity contribution in [2.45, 2.75) is 77.6 Å². The number of amides is 1. The van der Waals surface area contributed by atoms with Gasteiger partial charge >= 0.3 is 5.97 Å². The highest BCUT2D eigenvalue weighted by Crippen LogP contribution is 2.50. The Kier molecular flexibility index (Phi) is 11.0. The molecule has 3 aliphatic heterocycles. The van der Waals surface area contributed by atoms with Crippen LogP contribution in [0.3, 0.4) is 0 Å². The summed E-state index contributed by atoms with van der Waals surface area (Å²) in [7, 11) is 1.71. The monoisotopic (exact) mass is 750 g/mol. The first-order valence-electron chi connectivity index (χ1n) is 19.4. The van der Waals surface area contributed by atoms with Gasteiger partial charge in [0.05, 0.1) is 36.0 Å². The first-order valence-corrected chi connectivity index (χ1v) is 19.7. The zero-order chi connectivity index (χ0) is 38.1. The number of carbonyl (C=O) groups excluding carboxylic acids is 2. The number of rotatable bonds is 10. The highest BCUT2D eigenvalue weighted by molar-refractivity contribution is 6.31. The molecule has 0 aliphatic carbocycles. The fraction of sp³-hybridized carbons (Fsp3) is 0.432. The van der Waals surface area contributed by atoms with E-state index >= 15 is 0 Å². The summed E-state index contributed by atoms with van der Waals surface area (Å²) < 4.78 is 10.6. The van der Waals surface area contributed by atoms with Crippen molar-refractivity contribution in [3.63, 3.8) is 0 Å². The number of ether oxygens (including phenoxy) is 2. The van der Waals surface area contributed by atoms with Gasteiger partial charge in [0.15, 0.2) is 5.60 Å². The van der Waals surface area contributed by atoms with Crippen LogP contribution in [0.2, 0.25) is 5.02 Å². The number of para-hydroxylation sites is 1. The van der Waals surface area contributed by atoms with E-state index in [0.29, 0.717) is 19.0 Å². The van der Waals surface area contributed by atoms with E-state index in [1.807, 2.05) is 47.4 Å². The van der Waals surface area contributed by atoms with Gasteiger partial charge in [-0.15, -0.1) is 0 Å². The van der Waals surface area contributed by atoms with Crippen LogP contribution in [0.1, 0.15) is 70.7 Å². The van der Waals surface area contributed by atoms with Crippen LogP contribution in [0, 0.1) is 11.8 Å². The quantitative estimate of drug-likeness (QED) is 0.108. The third-order valence-corrected chi connectivity index (χ3v) is 12.1. The van der Waals surface area contributed by atoms with Crippen molar-refractivity contribution in [1.82, 2.24) is 14.8 Å². The summed E-state index contributed by atoms with van der Waals surface area (Å²) >= 11 is 6.26. The predicted molar refractivity (Wildman–Crippen MR) is 216 cm³/mol. The van der Waals surface area contributed by atoms with Crippen molar-refractivity contribution in [2.24, 2.45) is 11.8 Å². The Hall–Kier alpha value is -4.44. The van der Waals surface area contributed by atoms with Gasteiger partial charge in [-0.05, 0) is 111 Å². The molecule has 3 aliphatic rings. The maximum Gasteiger partial charge on any atom is 0.338 e. The Morgan fingerprint density at radius 2 is 1.81 bits per heavy atom. The van der Waals surface area contributed by atoms with Crippen LogP contribution in [0.15, 0.2) is 72.8 Å². The van der Waals surface area contributed by atoms with Crippen LogP contribution < -0.4 is 10.1 Å². The number of anilines is 1. The number of esters is 1. The molecule has 4 heterocycles. The van der Waals surface area contributed by atoms with Crippen LogP contribution in [-0.2, 0) is 20.9 Å². The highest BCUT2D eigenvalue weighted by atomic mass is 35.5. The molecule has 9 nitrogen and oxygen atoms in total. The normalized spacial score (nSPS) is 22.4. The zero-order valence-electron chi connectivity index (χ0n) is 31.9. The van der Waals surface area contributed by atoms with Gasteiger partial charge in [-0.25, -0.2) is 4.79 Å². The number of methoxy groups -OCH3 is 1. The Bertz CT molecular complexity index is 2190. The second-order valence-corrected chi connectivity index (χ2v) is 15.4. The van der Waals surface area contributed by atoms with Gasteiger partial charge in [0.25, 0.3) is 0 Å². The van der Waals surface area contributed by atoms with Gasteiger partial charge in [0.1, 0.15) is 12.4 Å². The summed E-state index contributed by atoms with van der Waals surface area (Å²) in [5.74, 6) is -0.683. The van der Waals surface area contributed by atoms with Crippen molar-refractivity contribution in [3.05, 3.63) is 89.1 Å². The van der Waals surface area contributed by atoms with Crippen molar-refractivity contribution < 1.29 is 24.2 Å². The molecule has 5 atom stereocenters. The highest BCUT2D eigenvalue weighted by Gasteiger charge is 2.59. The average molecular weight is 751 g/mol. The maximum absolute atomic E-state index is 13.1. The molecular weight excluding hydrogens is 700 g/mol. The average Bonchev–Trinajstić information content (AvgIpc) is 3.54. The number of aromatic nitrogens is 1. The summed E-state index contributed by atoms with van der Waals surface area (Å²) in [5.41, 5.74) is 2.42. The lowest BCUT2D eigenvalue weighted by Crippen LogP contribution is -2.61. The molecule has 284 valence electrons. The maximum atomic E-state index is 13.1. The minimum atomic E-state index is -1.59. The largest absolute Gasteiger partial charge is 0.497 e. The van der Waals surface area contributed by atoms with Crippen molar-refractivity contribution in [2.75, 3.05) is 38.7 Å². The molecule has 0 bridgehead atoms. The summed E-state index contributed by atoms with van der Waals surface area (Å²) in [6.07, 6.45) is 3.10. The van der Waals surface area contributed by atoms with E-state index in [2.05, 4.69) is 61.3 Å². The van der Waals surface area contributed by atoms with E-state index in [4.69, 9.17) is 26.1 Å². The minimum absolute atomic E-state index is 0.0484. The molecule has 0 radical (unpaired) electrons. The Morgan fingerprint density at radius 3 is 2.57 bits per heavy atom. The molecule has 5 aromatic rings. The number of fused-ring (bicyclic) bond motifs is 7. The fourth-order valence-electron chi connectivity index (χ4n) is 8.69. The van der Waals surface area contributed by atoms with Gasteiger partial charge in [0, 0.05) is 39.7 Å². The van der Waals surface area contributed by atoms with E-state index < -0.39 is 23.4 Å². The number of carbonyl (C=O) groups is 2. The molecule has 0 spiro atoms. The third-order valence-electron chi connectivity index (χ3n) is 11.9. The minimum Gasteiger partial charge on any atom is -0.497 e. The lowest BCUT2D eigenvalue weighted by Gasteiger charge is -2.48. The number of pyridine rings is 1. The molecule has 4 aromatic carbocycles. The predicted octanol–water partition coefficient (Wildman–Crippen LogP) is 8.53. The van der Waals surface area contributed by atoms with Crippen molar-refractivity contribution in [3.8, 4) is 5.75 Å². The van der Waals surface area contributed by atoms with Gasteiger partial charge in [-0.3, -0.25) is 9.78 Å². The zero-order valence-corrected chi connectivity index (χ0v) is 32.7. The smallest absolute Gasteiger partial charge is 0.338 e. The molecule has 8 rings (SSSR count). The number of benzene rings is 4. The Morgan fingerprint density at radius 1 is 1.02 bits per heavy atom. The SMILES string of the molecule is CCC1(O)C(=O)OCC2C(=O)N3Cc4cc5ccccc5nc4C3CC21.CCN(CC)CCCC(C)Nc1c2ccc(Cl)cc2cc2ccc(OC)cc12. The number of nitrogens with zero attached hydrogens (tertiary/aromatic N) is 3. The summed E-state index contributed by atoms with van der Waals surface area (Å²) in [4.78, 5) is 34.4. The summed E-state index contributed by atoms with van der Waals surface area (Å²) in [6, 6.07) is 24.8. The number of hydrogen-bond donors (Lipinski definition) is 2. The third kappa shape index (κ3) is 7.09. The molecular formula is C44H51ClN4O5. The van der Waals surface area contributed by atoms with Crippen LogP contribution in [-0.4, -0.2) is 76.8 Å². The standard InChI is InChI=1S/C24H31ClN2O.C20H20N2O4/c1-5-27(6-2)13-7-8-17(3)26-24-22-12-10-20(25)15-19(22)14-18-9-11-21(28-4)16-23(18)24;1-2-20(25)14-8-16-17-12(7-11-5-3-4-6-15(11)21-17)9-22(16)18(23)13(14)10-26-19(20)24/h9-12,14-17,26H,5-8,13H2,1-4H3;3-7,13-14,16,25H,2,8-10H2,1H3. The van der Waals surface area contributed by atoms with E-state index in [1.165, 1.54) is 28.3 Å². The van der Waals surface area contributed by atoms with Crippen LogP contribution in [0.25, 0.3) is 32.4 Å². The molecule has 2 saturated heterocycles. The summed E-state index contributed by atoms with van der Waals surface area (Å²) in [6.45, 7) is 12.5. The molecule has 54 heavy (non-hydrogen) atoms. The van der Waals surface area contributed by atoms with E-state index in [0.717, 1.165) is 64.4 Å². The second kappa shape index (κ2) is 15.7. The van der Waals surface area contributed by atoms with Gasteiger partial charge < -0.3 is 29.7 Å². The number of nitrogens with one attached hydrogen (secondary N) is 1. The number of halogens is 1. The van der Waals surface area contributed by atoms with Gasteiger partial charge in [-0.1, -0.05) is 62.7 Å². The Balaban J connectivity index is 0.000000167. The van der Waals surface area contributed by atoms with E-state index in [1.54, 1.807) is 14.0 Å². The number of hydrogen-bond acceptors (Lipinski definition) is 8. The fourth-order valence-corrected chi connectivity index (χ4v) is 8.87. The molecule has 1 aromatic heterocycles. The van der Waals surface area contributed by atoms with E-state index in [-0.39, 0.29) is 25.0 Å². The first-order chi connectivity index (χ1) is 26.1. The molecule has 10 heteroatoms. The van der Waals surface area contributed by atoms with Gasteiger partial charge in [-0.2, -0.15) is 0 Å². The molecule has 2 N–H and O–H groups in total. The topological polar surface area (TPSA) is 104 Å². The molecule has 1 amide bonds. The number of aliphatic hydroxyl groups is 1. The van der Waals surface area contributed by atoms with Crippen LogP contribution in [0.4, 0.5) is 5.69 Å². The van der Waals surface area contributed by atoms with Crippen LogP contribution >= 0.6 is 11.6 Å². The molecule has 0 saturated carbocycles. The van der Waals surface area contributed by atoms with Crippen molar-refractivity contribution >= 4 is 61.6 Å². The molecule has 2 fully saturated rings. The number of cyclic esters (lactones) is 1. The van der Waals surface area contributed by atoms with Crippen LogP contribution in [0.5, 0.6) is 5.75 Å². The first kappa shape index (κ1) is 37.9. The lowest BCUT2D eigenvalue weighted by atomic mass is 9.69. The Labute approximate surface area is 322 Å². The summed E-state index contributed by atoms with van der Waals surface area (Å²) in [5, 5.41) is 21.3. The number of piperidine rings is 1. The van der Waals surface area contributed by atoms with E-state index in [9.17, 15) is 14.7 Å². The molecule has 5 unspecified atom stereocenters. The second-order valence-electron chi connectivity index (χ2n) is 15.0. The van der Waals surface area contributed by atoms with Crippen molar-refractivity contribution in [1.29, 1.82) is 0 Å². The van der Waals surface area contributed by atoms with Gasteiger partial charge in [0.2, 0.25) is 5.91 Å².